The van der Waals surface area contributed by atoms with Crippen molar-refractivity contribution < 1.29 is 9.50 Å². The van der Waals surface area contributed by atoms with Gasteiger partial charge < -0.3 is 10.4 Å². The summed E-state index contributed by atoms with van der Waals surface area (Å²) in [5.41, 5.74) is 3.20. The van der Waals surface area contributed by atoms with Crippen molar-refractivity contribution in [2.75, 3.05) is 6.61 Å². The third-order valence-corrected chi connectivity index (χ3v) is 4.54. The van der Waals surface area contributed by atoms with E-state index in [1.54, 1.807) is 6.07 Å². The number of hydrogen-bond donors (Lipinski definition) is 2. The SMILES string of the molecule is CC(Cc1ccccc1F)NC1CCCc2c1cnn2CCO. The fraction of sp³-hybridized carbons (Fsp3) is 0.500. The molecular weight excluding hydrogens is 293 g/mol. The molecule has 0 radical (unpaired) electrons. The van der Waals surface area contributed by atoms with Gasteiger partial charge in [0.2, 0.25) is 0 Å². The maximum Gasteiger partial charge on any atom is 0.126 e. The number of aromatic nitrogens is 2. The van der Waals surface area contributed by atoms with Crippen molar-refractivity contribution >= 4 is 0 Å². The van der Waals surface area contributed by atoms with E-state index in [4.69, 9.17) is 5.11 Å². The standard InChI is InChI=1S/C18H24FN3O/c1-13(11-14-5-2-3-6-16(14)19)21-17-7-4-8-18-15(17)12-20-22(18)9-10-23/h2-3,5-6,12-13,17,21,23H,4,7-11H2,1H3. The van der Waals surface area contributed by atoms with Crippen LogP contribution < -0.4 is 5.32 Å². The Morgan fingerprint density at radius 2 is 2.26 bits per heavy atom. The molecule has 0 saturated carbocycles. The van der Waals surface area contributed by atoms with E-state index in [1.807, 2.05) is 23.0 Å². The topological polar surface area (TPSA) is 50.1 Å². The van der Waals surface area contributed by atoms with Crippen LogP contribution in [0.4, 0.5) is 4.39 Å². The molecule has 0 fully saturated rings. The Morgan fingerprint density at radius 3 is 3.04 bits per heavy atom. The van der Waals surface area contributed by atoms with Crippen LogP contribution in [0, 0.1) is 5.82 Å². The fourth-order valence-corrected chi connectivity index (χ4v) is 3.48. The van der Waals surface area contributed by atoms with E-state index in [0.717, 1.165) is 24.8 Å². The Hall–Kier alpha value is -1.72. The Kier molecular flexibility index (Phi) is 5.08. The molecule has 0 aliphatic heterocycles. The highest BCUT2D eigenvalue weighted by molar-refractivity contribution is 5.25. The van der Waals surface area contributed by atoms with Gasteiger partial charge in [-0.2, -0.15) is 5.10 Å². The lowest BCUT2D eigenvalue weighted by atomic mass is 9.92. The summed E-state index contributed by atoms with van der Waals surface area (Å²) in [4.78, 5) is 0. The molecule has 124 valence electrons. The van der Waals surface area contributed by atoms with Crippen LogP contribution in [-0.2, 0) is 19.4 Å². The summed E-state index contributed by atoms with van der Waals surface area (Å²) in [5, 5.41) is 17.2. The predicted octanol–water partition coefficient (Wildman–Crippen LogP) is 2.61. The minimum atomic E-state index is -0.138. The molecule has 23 heavy (non-hydrogen) atoms. The first-order valence-electron chi connectivity index (χ1n) is 8.34. The molecule has 1 aromatic heterocycles. The van der Waals surface area contributed by atoms with Crippen LogP contribution in [0.25, 0.3) is 0 Å². The largest absolute Gasteiger partial charge is 0.394 e. The average Bonchev–Trinajstić information content (AvgIpc) is 2.94. The summed E-state index contributed by atoms with van der Waals surface area (Å²) in [6, 6.07) is 7.40. The van der Waals surface area contributed by atoms with Crippen molar-refractivity contribution in [3.8, 4) is 0 Å². The Labute approximate surface area is 136 Å². The van der Waals surface area contributed by atoms with E-state index in [1.165, 1.54) is 17.3 Å². The smallest absolute Gasteiger partial charge is 0.126 e. The van der Waals surface area contributed by atoms with Gasteiger partial charge in [0.05, 0.1) is 19.3 Å². The molecule has 2 unspecified atom stereocenters. The van der Waals surface area contributed by atoms with Crippen molar-refractivity contribution in [3.63, 3.8) is 0 Å². The number of aliphatic hydroxyl groups excluding tert-OH is 1. The number of fused-ring (bicyclic) bond motifs is 1. The highest BCUT2D eigenvalue weighted by atomic mass is 19.1. The van der Waals surface area contributed by atoms with Crippen molar-refractivity contribution in [3.05, 3.63) is 53.1 Å². The van der Waals surface area contributed by atoms with Crippen LogP contribution in [0.2, 0.25) is 0 Å². The first-order chi connectivity index (χ1) is 11.2. The summed E-state index contributed by atoms with van der Waals surface area (Å²) in [5.74, 6) is -0.138. The van der Waals surface area contributed by atoms with Gasteiger partial charge >= 0.3 is 0 Å². The lowest BCUT2D eigenvalue weighted by Gasteiger charge is -2.27. The maximum absolute atomic E-state index is 13.8. The summed E-state index contributed by atoms with van der Waals surface area (Å²) in [6.07, 6.45) is 5.77. The zero-order valence-electron chi connectivity index (χ0n) is 13.5. The normalized spacial score (nSPS) is 18.7. The fourth-order valence-electron chi connectivity index (χ4n) is 3.48. The molecule has 2 aromatic rings. The number of aliphatic hydroxyl groups is 1. The Morgan fingerprint density at radius 1 is 1.43 bits per heavy atom. The highest BCUT2D eigenvalue weighted by Gasteiger charge is 2.25. The van der Waals surface area contributed by atoms with Gasteiger partial charge in [-0.15, -0.1) is 0 Å². The maximum atomic E-state index is 13.8. The van der Waals surface area contributed by atoms with Gasteiger partial charge in [0, 0.05) is 23.3 Å². The minimum absolute atomic E-state index is 0.107. The van der Waals surface area contributed by atoms with Crippen LogP contribution in [0.5, 0.6) is 0 Å². The molecule has 5 heteroatoms. The van der Waals surface area contributed by atoms with E-state index < -0.39 is 0 Å². The van der Waals surface area contributed by atoms with Gasteiger partial charge in [-0.05, 0) is 44.2 Å². The number of nitrogens with zero attached hydrogens (tertiary/aromatic N) is 2. The highest BCUT2D eigenvalue weighted by Crippen LogP contribution is 2.30. The van der Waals surface area contributed by atoms with Crippen LogP contribution in [-0.4, -0.2) is 27.5 Å². The van der Waals surface area contributed by atoms with E-state index in [2.05, 4.69) is 17.3 Å². The first kappa shape index (κ1) is 16.1. The second-order valence-electron chi connectivity index (χ2n) is 6.30. The summed E-state index contributed by atoms with van der Waals surface area (Å²) in [6.45, 7) is 2.75. The van der Waals surface area contributed by atoms with Crippen LogP contribution in [0.1, 0.15) is 42.6 Å². The molecule has 0 bridgehead atoms. The summed E-state index contributed by atoms with van der Waals surface area (Å²) in [7, 11) is 0. The van der Waals surface area contributed by atoms with Crippen molar-refractivity contribution in [1.82, 2.24) is 15.1 Å². The molecule has 3 rings (SSSR count). The third kappa shape index (κ3) is 3.62. The van der Waals surface area contributed by atoms with Gasteiger partial charge in [0.25, 0.3) is 0 Å². The van der Waals surface area contributed by atoms with Crippen molar-refractivity contribution in [1.29, 1.82) is 0 Å². The van der Waals surface area contributed by atoms with Gasteiger partial charge in [-0.25, -0.2) is 4.39 Å². The molecule has 1 aliphatic carbocycles. The lowest BCUT2D eigenvalue weighted by Crippen LogP contribution is -2.34. The minimum Gasteiger partial charge on any atom is -0.394 e. The number of halogens is 1. The van der Waals surface area contributed by atoms with E-state index in [0.29, 0.717) is 13.0 Å². The zero-order valence-corrected chi connectivity index (χ0v) is 13.5. The molecule has 4 nitrogen and oxygen atoms in total. The third-order valence-electron chi connectivity index (χ3n) is 4.54. The second kappa shape index (κ2) is 7.23. The van der Waals surface area contributed by atoms with Crippen molar-refractivity contribution in [2.45, 2.75) is 51.2 Å². The predicted molar refractivity (Wildman–Crippen MR) is 87.7 cm³/mol. The number of rotatable bonds is 6. The molecule has 0 spiro atoms. The van der Waals surface area contributed by atoms with Crippen LogP contribution in [0.15, 0.2) is 30.5 Å². The first-order valence-corrected chi connectivity index (χ1v) is 8.34. The van der Waals surface area contributed by atoms with E-state index >= 15 is 0 Å². The van der Waals surface area contributed by atoms with Gasteiger partial charge in [0.1, 0.15) is 5.82 Å². The molecule has 2 N–H and O–H groups in total. The Balaban J connectivity index is 1.68. The van der Waals surface area contributed by atoms with Crippen molar-refractivity contribution in [2.24, 2.45) is 0 Å². The second-order valence-corrected chi connectivity index (χ2v) is 6.30. The molecule has 1 aromatic carbocycles. The van der Waals surface area contributed by atoms with Crippen LogP contribution >= 0.6 is 0 Å². The molecule has 1 heterocycles. The van der Waals surface area contributed by atoms with E-state index in [9.17, 15) is 4.39 Å². The van der Waals surface area contributed by atoms with Gasteiger partial charge in [0.15, 0.2) is 0 Å². The average molecular weight is 317 g/mol. The molecule has 2 atom stereocenters. The van der Waals surface area contributed by atoms with Gasteiger partial charge in [-0.3, -0.25) is 4.68 Å². The molecular formula is C18H24FN3O. The van der Waals surface area contributed by atoms with Gasteiger partial charge in [-0.1, -0.05) is 18.2 Å². The van der Waals surface area contributed by atoms with E-state index in [-0.39, 0.29) is 24.5 Å². The monoisotopic (exact) mass is 317 g/mol. The summed E-state index contributed by atoms with van der Waals surface area (Å²) < 4.78 is 15.7. The Bertz CT molecular complexity index is 655. The number of hydrogen-bond acceptors (Lipinski definition) is 3. The quantitative estimate of drug-likeness (QED) is 0.861. The molecule has 1 aliphatic rings. The van der Waals surface area contributed by atoms with Crippen LogP contribution in [0.3, 0.4) is 0 Å². The molecule has 0 amide bonds. The number of benzene rings is 1. The molecule has 0 saturated heterocycles. The number of nitrogens with one attached hydrogen (secondary N) is 1. The lowest BCUT2D eigenvalue weighted by molar-refractivity contribution is 0.266. The summed E-state index contributed by atoms with van der Waals surface area (Å²) >= 11 is 0. The zero-order chi connectivity index (χ0) is 16.2.